The molecule has 1 spiro atoms. The molecule has 4 nitrogen and oxygen atoms in total. The highest BCUT2D eigenvalue weighted by Gasteiger charge is 2.39. The highest BCUT2D eigenvalue weighted by molar-refractivity contribution is 6.30. The van der Waals surface area contributed by atoms with Gasteiger partial charge >= 0.3 is 6.09 Å². The minimum Gasteiger partial charge on any atom is -0.444 e. The molecular weight excluding hydrogens is 312 g/mol. The van der Waals surface area contributed by atoms with Gasteiger partial charge in [0.25, 0.3) is 0 Å². The molecule has 1 fully saturated rings. The van der Waals surface area contributed by atoms with Gasteiger partial charge in [-0.15, -0.1) is 0 Å². The number of nitrogens with one attached hydrogen (secondary N) is 1. The Kier molecular flexibility index (Phi) is 4.21. The van der Waals surface area contributed by atoms with Crippen LogP contribution in [-0.2, 0) is 11.2 Å². The van der Waals surface area contributed by atoms with Crippen molar-refractivity contribution in [1.29, 1.82) is 0 Å². The molecule has 1 aromatic carbocycles. The van der Waals surface area contributed by atoms with Crippen LogP contribution in [0.5, 0.6) is 0 Å². The van der Waals surface area contributed by atoms with Crippen molar-refractivity contribution in [3.8, 4) is 0 Å². The fraction of sp³-hybridized carbons (Fsp3) is 0.611. The first kappa shape index (κ1) is 16.4. The SMILES string of the molecule is CC(C)(C)OC(=O)N1CCC2(CC1)CNc1ccc(Cl)cc1C2. The Balaban J connectivity index is 1.64. The van der Waals surface area contributed by atoms with Crippen molar-refractivity contribution in [2.45, 2.75) is 45.6 Å². The van der Waals surface area contributed by atoms with Crippen LogP contribution in [0.3, 0.4) is 0 Å². The van der Waals surface area contributed by atoms with Crippen LogP contribution in [0.4, 0.5) is 10.5 Å². The number of nitrogens with zero attached hydrogens (tertiary/aromatic N) is 1. The summed E-state index contributed by atoms with van der Waals surface area (Å²) in [5.74, 6) is 0. The van der Waals surface area contributed by atoms with Gasteiger partial charge in [-0.2, -0.15) is 0 Å². The van der Waals surface area contributed by atoms with E-state index in [0.29, 0.717) is 0 Å². The minimum atomic E-state index is -0.436. The fourth-order valence-corrected chi connectivity index (χ4v) is 3.67. The molecule has 1 aromatic rings. The highest BCUT2D eigenvalue weighted by atomic mass is 35.5. The van der Waals surface area contributed by atoms with Gasteiger partial charge in [-0.25, -0.2) is 4.79 Å². The van der Waals surface area contributed by atoms with Crippen molar-refractivity contribution in [1.82, 2.24) is 4.90 Å². The third-order valence-electron chi connectivity index (χ3n) is 4.76. The van der Waals surface area contributed by atoms with Crippen molar-refractivity contribution in [3.05, 3.63) is 28.8 Å². The van der Waals surface area contributed by atoms with E-state index in [0.717, 1.165) is 43.9 Å². The lowest BCUT2D eigenvalue weighted by Gasteiger charge is -2.45. The van der Waals surface area contributed by atoms with E-state index >= 15 is 0 Å². The number of amides is 1. The van der Waals surface area contributed by atoms with Crippen molar-refractivity contribution >= 4 is 23.4 Å². The Bertz CT molecular complexity index is 602. The molecule has 3 rings (SSSR count). The Morgan fingerprint density at radius 3 is 2.65 bits per heavy atom. The average Bonchev–Trinajstić information content (AvgIpc) is 2.45. The second kappa shape index (κ2) is 5.90. The summed E-state index contributed by atoms with van der Waals surface area (Å²) in [6.45, 7) is 8.19. The van der Waals surface area contributed by atoms with Crippen LogP contribution >= 0.6 is 11.6 Å². The fourth-order valence-electron chi connectivity index (χ4n) is 3.47. The summed E-state index contributed by atoms with van der Waals surface area (Å²) < 4.78 is 5.48. The molecule has 0 atom stereocenters. The molecule has 0 bridgehead atoms. The summed E-state index contributed by atoms with van der Waals surface area (Å²) in [6.07, 6.45) is 2.81. The normalized spacial score (nSPS) is 19.9. The van der Waals surface area contributed by atoms with Crippen LogP contribution < -0.4 is 5.32 Å². The van der Waals surface area contributed by atoms with Crippen LogP contribution in [0.1, 0.15) is 39.2 Å². The molecule has 2 heterocycles. The molecule has 0 radical (unpaired) electrons. The Morgan fingerprint density at radius 1 is 1.30 bits per heavy atom. The number of ether oxygens (including phenoxy) is 1. The molecule has 5 heteroatoms. The Labute approximate surface area is 143 Å². The number of benzene rings is 1. The molecular formula is C18H25ClN2O2. The topological polar surface area (TPSA) is 41.6 Å². The molecule has 23 heavy (non-hydrogen) atoms. The maximum absolute atomic E-state index is 12.2. The maximum Gasteiger partial charge on any atom is 0.410 e. The van der Waals surface area contributed by atoms with E-state index in [4.69, 9.17) is 16.3 Å². The molecule has 126 valence electrons. The number of hydrogen-bond donors (Lipinski definition) is 1. The van der Waals surface area contributed by atoms with Crippen molar-refractivity contribution in [2.75, 3.05) is 25.0 Å². The molecule has 0 saturated carbocycles. The second-order valence-corrected chi connectivity index (χ2v) is 8.24. The molecule has 1 saturated heterocycles. The lowest BCUT2D eigenvalue weighted by molar-refractivity contribution is 0.0110. The van der Waals surface area contributed by atoms with Gasteiger partial charge in [-0.05, 0) is 69.2 Å². The molecule has 2 aliphatic heterocycles. The van der Waals surface area contributed by atoms with E-state index in [1.807, 2.05) is 31.7 Å². The van der Waals surface area contributed by atoms with E-state index in [2.05, 4.69) is 17.4 Å². The van der Waals surface area contributed by atoms with Crippen LogP contribution in [0, 0.1) is 5.41 Å². The first-order chi connectivity index (χ1) is 10.8. The monoisotopic (exact) mass is 336 g/mol. The number of rotatable bonds is 0. The second-order valence-electron chi connectivity index (χ2n) is 7.80. The summed E-state index contributed by atoms with van der Waals surface area (Å²) in [5.41, 5.74) is 2.26. The molecule has 1 N–H and O–H groups in total. The summed E-state index contributed by atoms with van der Waals surface area (Å²) in [4.78, 5) is 14.0. The van der Waals surface area contributed by atoms with Gasteiger partial charge < -0.3 is 15.0 Å². The van der Waals surface area contributed by atoms with E-state index < -0.39 is 5.60 Å². The van der Waals surface area contributed by atoms with E-state index in [1.54, 1.807) is 0 Å². The van der Waals surface area contributed by atoms with Gasteiger partial charge in [0.1, 0.15) is 5.60 Å². The smallest absolute Gasteiger partial charge is 0.410 e. The molecule has 0 aromatic heterocycles. The van der Waals surface area contributed by atoms with Gasteiger partial charge in [-0.1, -0.05) is 11.6 Å². The van der Waals surface area contributed by atoms with E-state index in [9.17, 15) is 4.79 Å². The predicted molar refractivity (Wildman–Crippen MR) is 93.1 cm³/mol. The summed E-state index contributed by atoms with van der Waals surface area (Å²) >= 11 is 6.13. The number of carbonyl (C=O) groups excluding carboxylic acids is 1. The van der Waals surface area contributed by atoms with Crippen LogP contribution in [-0.4, -0.2) is 36.2 Å². The Hall–Kier alpha value is -1.42. The quantitative estimate of drug-likeness (QED) is 0.767. The zero-order chi connectivity index (χ0) is 16.7. The molecule has 0 aliphatic carbocycles. The summed E-state index contributed by atoms with van der Waals surface area (Å²) in [6, 6.07) is 6.04. The zero-order valence-electron chi connectivity index (χ0n) is 14.1. The lowest BCUT2D eigenvalue weighted by Crippen LogP contribution is -2.49. The van der Waals surface area contributed by atoms with E-state index in [-0.39, 0.29) is 11.5 Å². The highest BCUT2D eigenvalue weighted by Crippen LogP contribution is 2.41. The minimum absolute atomic E-state index is 0.195. The number of anilines is 1. The zero-order valence-corrected chi connectivity index (χ0v) is 14.9. The molecule has 1 amide bonds. The summed E-state index contributed by atoms with van der Waals surface area (Å²) in [7, 11) is 0. The van der Waals surface area contributed by atoms with Crippen LogP contribution in [0.2, 0.25) is 5.02 Å². The number of hydrogen-bond acceptors (Lipinski definition) is 3. The van der Waals surface area contributed by atoms with Crippen molar-refractivity contribution in [3.63, 3.8) is 0 Å². The standard InChI is InChI=1S/C18H25ClN2O2/c1-17(2,3)23-16(22)21-8-6-18(7-9-21)11-13-10-14(19)4-5-15(13)20-12-18/h4-5,10,20H,6-9,11-12H2,1-3H3. The van der Waals surface area contributed by atoms with Gasteiger partial charge in [0, 0.05) is 30.3 Å². The first-order valence-electron chi connectivity index (χ1n) is 8.27. The van der Waals surface area contributed by atoms with Gasteiger partial charge in [0.15, 0.2) is 0 Å². The average molecular weight is 337 g/mol. The lowest BCUT2D eigenvalue weighted by atomic mass is 9.71. The van der Waals surface area contributed by atoms with E-state index in [1.165, 1.54) is 11.3 Å². The maximum atomic E-state index is 12.2. The number of piperidine rings is 1. The third-order valence-corrected chi connectivity index (χ3v) is 5.00. The number of fused-ring (bicyclic) bond motifs is 1. The van der Waals surface area contributed by atoms with Gasteiger partial charge in [-0.3, -0.25) is 0 Å². The summed E-state index contributed by atoms with van der Waals surface area (Å²) in [5, 5.41) is 4.33. The van der Waals surface area contributed by atoms with Crippen LogP contribution in [0.15, 0.2) is 18.2 Å². The number of carbonyl (C=O) groups is 1. The molecule has 0 unspecified atom stereocenters. The predicted octanol–water partition coefficient (Wildman–Crippen LogP) is 4.33. The number of halogens is 1. The van der Waals surface area contributed by atoms with Gasteiger partial charge in [0.2, 0.25) is 0 Å². The molecule has 2 aliphatic rings. The van der Waals surface area contributed by atoms with Crippen molar-refractivity contribution < 1.29 is 9.53 Å². The Morgan fingerprint density at radius 2 is 2.00 bits per heavy atom. The van der Waals surface area contributed by atoms with Gasteiger partial charge in [0.05, 0.1) is 0 Å². The largest absolute Gasteiger partial charge is 0.444 e. The number of likely N-dealkylation sites (tertiary alicyclic amines) is 1. The van der Waals surface area contributed by atoms with Crippen molar-refractivity contribution in [2.24, 2.45) is 5.41 Å². The van der Waals surface area contributed by atoms with Crippen LogP contribution in [0.25, 0.3) is 0 Å². The third kappa shape index (κ3) is 3.74. The first-order valence-corrected chi connectivity index (χ1v) is 8.64.